The molecule has 0 aliphatic carbocycles. The molecule has 0 unspecified atom stereocenters. The second-order valence-electron chi connectivity index (χ2n) is 5.52. The zero-order valence-corrected chi connectivity index (χ0v) is 12.5. The van der Waals surface area contributed by atoms with E-state index in [1.54, 1.807) is 6.07 Å². The molecule has 1 aromatic rings. The third-order valence-corrected chi connectivity index (χ3v) is 4.41. The highest BCUT2D eigenvalue weighted by Gasteiger charge is 2.29. The maximum atomic E-state index is 11.0. The SMILES string of the molecule is NC(=O)[C@@H](O)C1CCN(C[C@@H](O)c2ccccc2Cl)CC1. The van der Waals surface area contributed by atoms with Crippen LogP contribution in [0, 0.1) is 5.92 Å². The summed E-state index contributed by atoms with van der Waals surface area (Å²) in [6.45, 7) is 1.93. The van der Waals surface area contributed by atoms with Crippen LogP contribution in [0.1, 0.15) is 24.5 Å². The second kappa shape index (κ2) is 7.22. The van der Waals surface area contributed by atoms with E-state index >= 15 is 0 Å². The smallest absolute Gasteiger partial charge is 0.246 e. The summed E-state index contributed by atoms with van der Waals surface area (Å²) in [6, 6.07) is 7.25. The fourth-order valence-electron chi connectivity index (χ4n) is 2.77. The minimum Gasteiger partial charge on any atom is -0.387 e. The van der Waals surface area contributed by atoms with Gasteiger partial charge in [0.25, 0.3) is 0 Å². The molecule has 0 aromatic heterocycles. The van der Waals surface area contributed by atoms with Crippen molar-refractivity contribution in [3.63, 3.8) is 0 Å². The van der Waals surface area contributed by atoms with E-state index in [1.165, 1.54) is 0 Å². The molecule has 1 heterocycles. The van der Waals surface area contributed by atoms with E-state index in [2.05, 4.69) is 4.90 Å². The maximum Gasteiger partial charge on any atom is 0.246 e. The first-order valence-electron chi connectivity index (χ1n) is 7.11. The Morgan fingerprint density at radius 2 is 1.95 bits per heavy atom. The van der Waals surface area contributed by atoms with Crippen LogP contribution in [-0.4, -0.2) is 46.8 Å². The van der Waals surface area contributed by atoms with Gasteiger partial charge in [-0.05, 0) is 37.9 Å². The molecule has 1 amide bonds. The largest absolute Gasteiger partial charge is 0.387 e. The molecule has 0 radical (unpaired) electrons. The highest BCUT2D eigenvalue weighted by molar-refractivity contribution is 6.31. The standard InChI is InChI=1S/C15H21ClN2O3/c16-12-4-2-1-3-11(12)13(19)9-18-7-5-10(6-8-18)14(20)15(17)21/h1-4,10,13-14,19-20H,5-9H2,(H2,17,21)/t13-,14+/m1/s1. The Hall–Kier alpha value is -1.14. The number of benzene rings is 1. The summed E-state index contributed by atoms with van der Waals surface area (Å²) in [5.41, 5.74) is 5.84. The Labute approximate surface area is 129 Å². The number of carbonyl (C=O) groups is 1. The van der Waals surface area contributed by atoms with E-state index in [0.29, 0.717) is 24.4 Å². The van der Waals surface area contributed by atoms with Gasteiger partial charge >= 0.3 is 0 Å². The molecule has 1 aromatic carbocycles. The van der Waals surface area contributed by atoms with Crippen molar-refractivity contribution in [1.29, 1.82) is 0 Å². The van der Waals surface area contributed by atoms with Crippen LogP contribution in [-0.2, 0) is 4.79 Å². The minimum absolute atomic E-state index is 0.0868. The number of amides is 1. The first-order valence-corrected chi connectivity index (χ1v) is 7.49. The number of aliphatic hydroxyl groups excluding tert-OH is 2. The molecule has 0 spiro atoms. The van der Waals surface area contributed by atoms with Gasteiger partial charge < -0.3 is 20.8 Å². The average molecular weight is 313 g/mol. The van der Waals surface area contributed by atoms with Gasteiger partial charge in [0.2, 0.25) is 5.91 Å². The number of nitrogens with two attached hydrogens (primary N) is 1. The Bertz CT molecular complexity index is 490. The predicted octanol–water partition coefficient (Wildman–Crippen LogP) is 0.932. The van der Waals surface area contributed by atoms with Gasteiger partial charge in [-0.15, -0.1) is 0 Å². The predicted molar refractivity (Wildman–Crippen MR) is 80.8 cm³/mol. The second-order valence-corrected chi connectivity index (χ2v) is 5.93. The van der Waals surface area contributed by atoms with Gasteiger partial charge in [0.1, 0.15) is 6.10 Å². The molecule has 21 heavy (non-hydrogen) atoms. The van der Waals surface area contributed by atoms with Crippen molar-refractivity contribution in [2.24, 2.45) is 11.7 Å². The quantitative estimate of drug-likeness (QED) is 0.755. The Morgan fingerprint density at radius 1 is 1.33 bits per heavy atom. The van der Waals surface area contributed by atoms with Gasteiger partial charge in [-0.2, -0.15) is 0 Å². The topological polar surface area (TPSA) is 86.8 Å². The first kappa shape index (κ1) is 16.2. The van der Waals surface area contributed by atoms with Crippen LogP contribution in [0.15, 0.2) is 24.3 Å². The van der Waals surface area contributed by atoms with E-state index in [0.717, 1.165) is 18.7 Å². The molecule has 1 aliphatic heterocycles. The van der Waals surface area contributed by atoms with Crippen molar-refractivity contribution in [3.05, 3.63) is 34.9 Å². The summed E-state index contributed by atoms with van der Waals surface area (Å²) >= 11 is 6.07. The molecule has 6 heteroatoms. The zero-order valence-electron chi connectivity index (χ0n) is 11.8. The number of halogens is 1. The fourth-order valence-corrected chi connectivity index (χ4v) is 3.03. The molecule has 116 valence electrons. The summed E-state index contributed by atoms with van der Waals surface area (Å²) in [5.74, 6) is -0.749. The molecular weight excluding hydrogens is 292 g/mol. The lowest BCUT2D eigenvalue weighted by Gasteiger charge is -2.34. The third-order valence-electron chi connectivity index (χ3n) is 4.07. The number of hydrogen-bond donors (Lipinski definition) is 3. The molecule has 1 fully saturated rings. The number of hydrogen-bond acceptors (Lipinski definition) is 4. The van der Waals surface area contributed by atoms with Crippen molar-refractivity contribution in [3.8, 4) is 0 Å². The monoisotopic (exact) mass is 312 g/mol. The zero-order chi connectivity index (χ0) is 15.4. The fraction of sp³-hybridized carbons (Fsp3) is 0.533. The van der Waals surface area contributed by atoms with Gasteiger partial charge in [-0.25, -0.2) is 0 Å². The lowest BCUT2D eigenvalue weighted by atomic mass is 9.90. The summed E-state index contributed by atoms with van der Waals surface area (Å²) in [6.07, 6.45) is -0.324. The van der Waals surface area contributed by atoms with Crippen molar-refractivity contribution in [2.45, 2.75) is 25.0 Å². The molecule has 5 nitrogen and oxygen atoms in total. The van der Waals surface area contributed by atoms with E-state index < -0.39 is 18.1 Å². The van der Waals surface area contributed by atoms with E-state index in [-0.39, 0.29) is 5.92 Å². The van der Waals surface area contributed by atoms with Gasteiger partial charge in [0, 0.05) is 17.1 Å². The van der Waals surface area contributed by atoms with E-state index in [9.17, 15) is 15.0 Å². The average Bonchev–Trinajstić information content (AvgIpc) is 2.47. The summed E-state index contributed by atoms with van der Waals surface area (Å²) in [7, 11) is 0. The minimum atomic E-state index is -1.07. The van der Waals surface area contributed by atoms with E-state index in [4.69, 9.17) is 17.3 Å². The summed E-state index contributed by atoms with van der Waals surface area (Å²) in [4.78, 5) is 13.1. The molecule has 1 saturated heterocycles. The Morgan fingerprint density at radius 3 is 2.52 bits per heavy atom. The van der Waals surface area contributed by atoms with Gasteiger partial charge in [-0.1, -0.05) is 29.8 Å². The van der Waals surface area contributed by atoms with Gasteiger partial charge in [-0.3, -0.25) is 4.79 Å². The molecule has 0 saturated carbocycles. The molecule has 0 bridgehead atoms. The molecular formula is C15H21ClN2O3. The van der Waals surface area contributed by atoms with E-state index in [1.807, 2.05) is 18.2 Å². The summed E-state index contributed by atoms with van der Waals surface area (Å²) < 4.78 is 0. The Balaban J connectivity index is 1.86. The number of piperidine rings is 1. The number of primary amides is 1. The first-order chi connectivity index (χ1) is 9.99. The van der Waals surface area contributed by atoms with Crippen LogP contribution in [0.5, 0.6) is 0 Å². The van der Waals surface area contributed by atoms with Crippen molar-refractivity contribution in [2.75, 3.05) is 19.6 Å². The molecule has 2 rings (SSSR count). The molecule has 2 atom stereocenters. The number of β-amino-alcohol motifs (C(OH)–C–C–N with tert-alkyl or cyclic N) is 1. The van der Waals surface area contributed by atoms with Crippen LogP contribution in [0.25, 0.3) is 0 Å². The van der Waals surface area contributed by atoms with Crippen molar-refractivity contribution >= 4 is 17.5 Å². The maximum absolute atomic E-state index is 11.0. The van der Waals surface area contributed by atoms with Crippen LogP contribution in [0.3, 0.4) is 0 Å². The number of aliphatic hydroxyl groups is 2. The lowest BCUT2D eigenvalue weighted by molar-refractivity contribution is -0.129. The van der Waals surface area contributed by atoms with Crippen LogP contribution in [0.2, 0.25) is 5.02 Å². The highest BCUT2D eigenvalue weighted by atomic mass is 35.5. The van der Waals surface area contributed by atoms with Crippen molar-refractivity contribution < 1.29 is 15.0 Å². The number of nitrogens with zero attached hydrogens (tertiary/aromatic N) is 1. The number of likely N-dealkylation sites (tertiary alicyclic amines) is 1. The lowest BCUT2D eigenvalue weighted by Crippen LogP contribution is -2.43. The highest BCUT2D eigenvalue weighted by Crippen LogP contribution is 2.26. The molecule has 1 aliphatic rings. The van der Waals surface area contributed by atoms with Crippen LogP contribution in [0.4, 0.5) is 0 Å². The number of rotatable bonds is 5. The van der Waals surface area contributed by atoms with Crippen LogP contribution < -0.4 is 5.73 Å². The normalized spacial score (nSPS) is 20.1. The van der Waals surface area contributed by atoms with Crippen LogP contribution >= 0.6 is 11.6 Å². The van der Waals surface area contributed by atoms with Crippen molar-refractivity contribution in [1.82, 2.24) is 4.90 Å². The van der Waals surface area contributed by atoms with Gasteiger partial charge in [0.15, 0.2) is 0 Å². The number of carbonyl (C=O) groups excluding carboxylic acids is 1. The molecule has 4 N–H and O–H groups in total. The van der Waals surface area contributed by atoms with Gasteiger partial charge in [0.05, 0.1) is 6.10 Å². The Kier molecular flexibility index (Phi) is 5.58. The third kappa shape index (κ3) is 4.17. The summed E-state index contributed by atoms with van der Waals surface area (Å²) in [5, 5.41) is 20.5.